The quantitative estimate of drug-likeness (QED) is 0.389. The first-order valence-corrected chi connectivity index (χ1v) is 11.3. The van der Waals surface area contributed by atoms with Gasteiger partial charge in [0.25, 0.3) is 0 Å². The number of nitrogens with zero attached hydrogens (tertiary/aromatic N) is 4. The number of nitriles is 2. The molecule has 2 aromatic carbocycles. The lowest BCUT2D eigenvalue weighted by atomic mass is 10.1. The summed E-state index contributed by atoms with van der Waals surface area (Å²) in [5, 5.41) is 28.4. The summed E-state index contributed by atoms with van der Waals surface area (Å²) in [7, 11) is 0. The summed E-state index contributed by atoms with van der Waals surface area (Å²) in [5.74, 6) is 1.09. The highest BCUT2D eigenvalue weighted by Crippen LogP contribution is 2.23. The van der Waals surface area contributed by atoms with Crippen LogP contribution in [0.3, 0.4) is 0 Å². The predicted molar refractivity (Wildman–Crippen MR) is 134 cm³/mol. The summed E-state index contributed by atoms with van der Waals surface area (Å²) < 4.78 is 15.3. The molecule has 0 radical (unpaired) electrons. The van der Waals surface area contributed by atoms with Gasteiger partial charge in [-0.1, -0.05) is 46.7 Å². The van der Waals surface area contributed by atoms with Crippen molar-refractivity contribution in [2.24, 2.45) is 5.73 Å². The molecule has 0 aliphatic rings. The highest BCUT2D eigenvalue weighted by atomic mass is 16.6. The molecule has 4 aromatic rings. The molecule has 37 heavy (non-hydrogen) atoms. The van der Waals surface area contributed by atoms with Gasteiger partial charge >= 0.3 is 6.09 Å². The molecule has 0 unspecified atom stereocenters. The molecule has 2 aromatic heterocycles. The van der Waals surface area contributed by atoms with Crippen LogP contribution in [-0.4, -0.2) is 22.0 Å². The van der Waals surface area contributed by atoms with Gasteiger partial charge < -0.3 is 24.8 Å². The van der Waals surface area contributed by atoms with E-state index in [-0.39, 0.29) is 6.54 Å². The van der Waals surface area contributed by atoms with Crippen LogP contribution < -0.4 is 11.1 Å². The van der Waals surface area contributed by atoms with E-state index in [0.717, 1.165) is 5.56 Å². The Kier molecular flexibility index (Phi) is 8.76. The molecule has 0 saturated heterocycles. The second-order valence-corrected chi connectivity index (χ2v) is 8.73. The Morgan fingerprint density at radius 3 is 1.86 bits per heavy atom. The Labute approximate surface area is 214 Å². The summed E-state index contributed by atoms with van der Waals surface area (Å²) in [6.07, 6.45) is -0.525. The van der Waals surface area contributed by atoms with E-state index < -0.39 is 11.7 Å². The van der Waals surface area contributed by atoms with Crippen molar-refractivity contribution in [1.29, 1.82) is 10.5 Å². The van der Waals surface area contributed by atoms with Crippen molar-refractivity contribution >= 4 is 6.09 Å². The molecule has 188 valence electrons. The van der Waals surface area contributed by atoms with Gasteiger partial charge in [0, 0.05) is 23.3 Å². The van der Waals surface area contributed by atoms with Crippen molar-refractivity contribution in [3.05, 3.63) is 83.3 Å². The molecule has 10 nitrogen and oxygen atoms in total. The number of ether oxygens (including phenoxy) is 1. The molecule has 3 N–H and O–H groups in total. The van der Waals surface area contributed by atoms with Crippen LogP contribution in [0.1, 0.15) is 43.4 Å². The van der Waals surface area contributed by atoms with Crippen molar-refractivity contribution in [2.75, 3.05) is 0 Å². The zero-order valence-electron chi connectivity index (χ0n) is 20.7. The Morgan fingerprint density at radius 1 is 0.919 bits per heavy atom. The van der Waals surface area contributed by atoms with Crippen LogP contribution in [0.4, 0.5) is 4.79 Å². The second-order valence-electron chi connectivity index (χ2n) is 8.73. The van der Waals surface area contributed by atoms with E-state index in [2.05, 4.69) is 27.8 Å². The fourth-order valence-corrected chi connectivity index (χ4v) is 3.14. The topological polar surface area (TPSA) is 164 Å². The van der Waals surface area contributed by atoms with Crippen LogP contribution in [0.15, 0.2) is 69.7 Å². The van der Waals surface area contributed by atoms with Crippen LogP contribution in [0.5, 0.6) is 0 Å². The number of nitrogens with two attached hydrogens (primary N) is 1. The van der Waals surface area contributed by atoms with Crippen molar-refractivity contribution in [3.8, 4) is 34.7 Å². The molecule has 0 spiro atoms. The zero-order valence-corrected chi connectivity index (χ0v) is 20.7. The van der Waals surface area contributed by atoms with Crippen LogP contribution >= 0.6 is 0 Å². The molecule has 2 heterocycles. The monoisotopic (exact) mass is 498 g/mol. The summed E-state index contributed by atoms with van der Waals surface area (Å²) in [4.78, 5) is 11.6. The molecule has 1 amide bonds. The lowest BCUT2D eigenvalue weighted by Gasteiger charge is -2.19. The molecule has 0 saturated carbocycles. The van der Waals surface area contributed by atoms with Gasteiger partial charge in [-0.05, 0) is 32.9 Å². The Balaban J connectivity index is 0.000000220. The summed E-state index contributed by atoms with van der Waals surface area (Å²) in [5.41, 5.74) is 8.61. The Bertz CT molecular complexity index is 1440. The maximum atomic E-state index is 11.6. The second kappa shape index (κ2) is 12.2. The van der Waals surface area contributed by atoms with Gasteiger partial charge in [0.1, 0.15) is 17.0 Å². The average molecular weight is 499 g/mol. The van der Waals surface area contributed by atoms with Crippen molar-refractivity contribution in [2.45, 2.75) is 39.5 Å². The highest BCUT2D eigenvalue weighted by molar-refractivity contribution is 5.69. The van der Waals surface area contributed by atoms with E-state index in [9.17, 15) is 4.79 Å². The molecular weight excluding hydrogens is 472 g/mol. The third kappa shape index (κ3) is 7.52. The van der Waals surface area contributed by atoms with Gasteiger partial charge in [-0.25, -0.2) is 4.79 Å². The molecule has 0 bridgehead atoms. The molecular formula is C27H26N6O4. The number of carbonyl (C=O) groups is 1. The summed E-state index contributed by atoms with van der Waals surface area (Å²) >= 11 is 0. The number of aromatic nitrogens is 2. The lowest BCUT2D eigenvalue weighted by Crippen LogP contribution is -2.32. The summed E-state index contributed by atoms with van der Waals surface area (Å²) in [6, 6.07) is 22.0. The minimum absolute atomic E-state index is 0.163. The van der Waals surface area contributed by atoms with Crippen LogP contribution in [0, 0.1) is 22.7 Å². The molecule has 4 rings (SSSR count). The molecule has 10 heteroatoms. The van der Waals surface area contributed by atoms with Gasteiger partial charge in [0.15, 0.2) is 11.5 Å². The highest BCUT2D eigenvalue weighted by Gasteiger charge is 2.17. The number of alkyl carbamates (subject to hydrolysis) is 1. The maximum absolute atomic E-state index is 11.6. The number of hydrogen-bond acceptors (Lipinski definition) is 9. The van der Waals surface area contributed by atoms with E-state index in [4.69, 9.17) is 30.0 Å². The number of carbonyl (C=O) groups excluding carboxylic acids is 1. The van der Waals surface area contributed by atoms with Crippen LogP contribution in [0.2, 0.25) is 0 Å². The standard InChI is InChI=1S/C16H17N3O3.C11H9N3O/c1-16(2,3)21-15(20)18-10-12-8-14(19-22-12)13-7-5-4-6-11(13)9-17;12-6-8-3-1-2-4-10(8)11-5-9(7-13)15-14-11/h4-8H,10H2,1-3H3,(H,18,20);1-5H,7,13H2. The first kappa shape index (κ1) is 26.7. The van der Waals surface area contributed by atoms with Gasteiger partial charge in [-0.2, -0.15) is 10.5 Å². The average Bonchev–Trinajstić information content (AvgIpc) is 3.57. The minimum Gasteiger partial charge on any atom is -0.444 e. The van der Waals surface area contributed by atoms with E-state index in [1.807, 2.05) is 24.3 Å². The van der Waals surface area contributed by atoms with Crippen molar-refractivity contribution in [1.82, 2.24) is 15.6 Å². The van der Waals surface area contributed by atoms with Gasteiger partial charge in [-0.3, -0.25) is 0 Å². The van der Waals surface area contributed by atoms with Crippen molar-refractivity contribution < 1.29 is 18.6 Å². The smallest absolute Gasteiger partial charge is 0.408 e. The Hall–Kier alpha value is -4.93. The molecule has 0 aliphatic heterocycles. The van der Waals surface area contributed by atoms with E-state index >= 15 is 0 Å². The van der Waals surface area contributed by atoms with Gasteiger partial charge in [0.05, 0.1) is 36.4 Å². The van der Waals surface area contributed by atoms with Crippen LogP contribution in [0.25, 0.3) is 22.5 Å². The minimum atomic E-state index is -0.553. The normalized spacial score (nSPS) is 10.4. The fourth-order valence-electron chi connectivity index (χ4n) is 3.14. The number of amides is 1. The van der Waals surface area contributed by atoms with E-state index in [1.165, 1.54) is 0 Å². The van der Waals surface area contributed by atoms with Gasteiger partial charge in [0.2, 0.25) is 0 Å². The molecule has 0 aliphatic carbocycles. The number of benzene rings is 2. The molecule has 0 atom stereocenters. The largest absolute Gasteiger partial charge is 0.444 e. The third-order valence-electron chi connectivity index (χ3n) is 4.77. The third-order valence-corrected chi connectivity index (χ3v) is 4.77. The van der Waals surface area contributed by atoms with E-state index in [0.29, 0.717) is 46.1 Å². The van der Waals surface area contributed by atoms with Gasteiger partial charge in [-0.15, -0.1) is 0 Å². The lowest BCUT2D eigenvalue weighted by molar-refractivity contribution is 0.0519. The first-order valence-electron chi connectivity index (χ1n) is 11.3. The van der Waals surface area contributed by atoms with Crippen molar-refractivity contribution in [3.63, 3.8) is 0 Å². The number of rotatable bonds is 5. The SMILES string of the molecule is CC(C)(C)OC(=O)NCc1cc(-c2ccccc2C#N)no1.N#Cc1ccccc1-c1cc(CN)on1. The van der Waals surface area contributed by atoms with E-state index in [1.54, 1.807) is 57.2 Å². The number of nitrogens with one attached hydrogen (secondary N) is 1. The predicted octanol–water partition coefficient (Wildman–Crippen LogP) is 4.91. The fraction of sp³-hybridized carbons (Fsp3) is 0.222. The summed E-state index contributed by atoms with van der Waals surface area (Å²) in [6.45, 7) is 5.84. The Morgan fingerprint density at radius 2 is 1.41 bits per heavy atom. The maximum Gasteiger partial charge on any atom is 0.408 e. The number of hydrogen-bond donors (Lipinski definition) is 2. The molecule has 0 fully saturated rings. The first-order chi connectivity index (χ1) is 17.7. The zero-order chi connectivity index (χ0) is 26.8. The van der Waals surface area contributed by atoms with Crippen LogP contribution in [-0.2, 0) is 17.8 Å².